The number of carboxylic acids is 1. The molecule has 0 spiro atoms. The second kappa shape index (κ2) is 8.84. The molecule has 1 amide bonds. The van der Waals surface area contributed by atoms with Gasteiger partial charge in [-0.05, 0) is 23.8 Å². The van der Waals surface area contributed by atoms with Crippen molar-refractivity contribution < 1.29 is 90.9 Å². The summed E-state index contributed by atoms with van der Waals surface area (Å²) in [6.07, 6.45) is -1.05. The van der Waals surface area contributed by atoms with Gasteiger partial charge >= 0.3 is 57.5 Å². The molecule has 29 heavy (non-hydrogen) atoms. The van der Waals surface area contributed by atoms with E-state index in [2.05, 4.69) is 0 Å². The maximum absolute atomic E-state index is 12.7. The zero-order chi connectivity index (χ0) is 20.6. The third-order valence-corrected chi connectivity index (χ3v) is 4.01. The second-order valence-electron chi connectivity index (χ2n) is 5.75. The first-order valence-corrected chi connectivity index (χ1v) is 7.70. The molecule has 0 aliphatic rings. The van der Waals surface area contributed by atoms with E-state index in [4.69, 9.17) is 4.42 Å². The number of carboxylic acid groups (broad SMARTS) is 2. The van der Waals surface area contributed by atoms with E-state index in [1.165, 1.54) is 0 Å². The molecule has 0 saturated heterocycles. The Labute approximate surface area is 204 Å². The van der Waals surface area contributed by atoms with Crippen molar-refractivity contribution in [1.82, 2.24) is 0 Å². The summed E-state index contributed by atoms with van der Waals surface area (Å²) in [5.74, 6) is -3.20. The Kier molecular flexibility index (Phi) is 6.92. The van der Waals surface area contributed by atoms with Gasteiger partial charge in [-0.25, -0.2) is 4.79 Å². The van der Waals surface area contributed by atoms with E-state index in [0.717, 1.165) is 42.7 Å². The molecule has 0 saturated carbocycles. The van der Waals surface area contributed by atoms with Crippen LogP contribution in [0.2, 0.25) is 0 Å². The van der Waals surface area contributed by atoms with Crippen LogP contribution in [0.5, 0.6) is 17.2 Å². The number of hydrogen-bond donors (Lipinski definition) is 4. The molecule has 144 valence electrons. The predicted octanol–water partition coefficient (Wildman–Crippen LogP) is -2.11. The van der Waals surface area contributed by atoms with Crippen molar-refractivity contribution in [3.8, 4) is 17.2 Å². The minimum atomic E-state index is -1.93. The number of phenols is 3. The average Bonchev–Trinajstić information content (AvgIpc) is 2.63. The van der Waals surface area contributed by atoms with Gasteiger partial charge in [-0.15, -0.1) is 0 Å². The van der Waals surface area contributed by atoms with Crippen molar-refractivity contribution in [1.29, 1.82) is 0 Å². The zero-order valence-corrected chi connectivity index (χ0v) is 18.0. The van der Waals surface area contributed by atoms with Gasteiger partial charge in [0.2, 0.25) is 5.43 Å². The van der Waals surface area contributed by atoms with E-state index in [0.29, 0.717) is 0 Å². The SMILES string of the molecule is O=C([O-])C(c1ccc(O)cc1)N(C(=O)O)c1coc2cc(O)c(O)cc2c1=O.[K+]. The molecule has 11 heteroatoms. The third-order valence-electron chi connectivity index (χ3n) is 4.01. The molecule has 0 aliphatic carbocycles. The fraction of sp³-hybridized carbons (Fsp3) is 0.0556. The van der Waals surface area contributed by atoms with Crippen molar-refractivity contribution in [2.45, 2.75) is 6.04 Å². The maximum Gasteiger partial charge on any atom is 1.00 e. The molecule has 1 heterocycles. The Morgan fingerprint density at radius 3 is 2.17 bits per heavy atom. The first kappa shape index (κ1) is 22.7. The van der Waals surface area contributed by atoms with Gasteiger partial charge in [0.25, 0.3) is 0 Å². The van der Waals surface area contributed by atoms with Crippen LogP contribution in [0.4, 0.5) is 10.5 Å². The number of anilines is 1. The van der Waals surface area contributed by atoms with Crippen molar-refractivity contribution >= 4 is 28.7 Å². The number of amides is 1. The third kappa shape index (κ3) is 4.38. The zero-order valence-electron chi connectivity index (χ0n) is 14.9. The average molecular weight is 425 g/mol. The number of benzene rings is 2. The van der Waals surface area contributed by atoms with Crippen LogP contribution < -0.4 is 66.8 Å². The van der Waals surface area contributed by atoms with Crippen LogP contribution in [0.15, 0.2) is 51.9 Å². The first-order valence-electron chi connectivity index (χ1n) is 7.70. The van der Waals surface area contributed by atoms with Gasteiger partial charge in [0, 0.05) is 6.07 Å². The van der Waals surface area contributed by atoms with E-state index >= 15 is 0 Å². The number of hydrogen-bond acceptors (Lipinski definition) is 8. The summed E-state index contributed by atoms with van der Waals surface area (Å²) in [4.78, 5) is 36.5. The Bertz CT molecular complexity index is 1140. The van der Waals surface area contributed by atoms with Crippen LogP contribution in [0.1, 0.15) is 11.6 Å². The van der Waals surface area contributed by atoms with Gasteiger partial charge in [0.05, 0.1) is 11.4 Å². The summed E-state index contributed by atoms with van der Waals surface area (Å²) in [6.45, 7) is 0. The van der Waals surface area contributed by atoms with Crippen LogP contribution in [0.3, 0.4) is 0 Å². The fourth-order valence-electron chi connectivity index (χ4n) is 2.71. The number of carbonyl (C=O) groups is 2. The number of carbonyl (C=O) groups excluding carboxylic acids is 1. The van der Waals surface area contributed by atoms with E-state index in [1.54, 1.807) is 0 Å². The molecular formula is C18H12KNO9. The van der Waals surface area contributed by atoms with Gasteiger partial charge in [0.15, 0.2) is 11.5 Å². The van der Waals surface area contributed by atoms with Gasteiger partial charge in [-0.2, -0.15) is 0 Å². The molecule has 1 aromatic heterocycles. The number of rotatable bonds is 4. The van der Waals surface area contributed by atoms with Gasteiger partial charge in [0.1, 0.15) is 29.3 Å². The summed E-state index contributed by atoms with van der Waals surface area (Å²) in [5.41, 5.74) is -1.83. The summed E-state index contributed by atoms with van der Waals surface area (Å²) in [6, 6.07) is 4.52. The smallest absolute Gasteiger partial charge is 0.547 e. The fourth-order valence-corrected chi connectivity index (χ4v) is 2.71. The van der Waals surface area contributed by atoms with Crippen molar-refractivity contribution in [2.75, 3.05) is 4.90 Å². The second-order valence-corrected chi connectivity index (χ2v) is 5.75. The maximum atomic E-state index is 12.7. The minimum Gasteiger partial charge on any atom is -0.547 e. The Hall–Kier alpha value is -2.57. The molecule has 0 bridgehead atoms. The van der Waals surface area contributed by atoms with Crippen molar-refractivity contribution in [3.05, 3.63) is 58.4 Å². The van der Waals surface area contributed by atoms with Crippen molar-refractivity contribution in [3.63, 3.8) is 0 Å². The van der Waals surface area contributed by atoms with E-state index in [1.807, 2.05) is 0 Å². The molecule has 4 N–H and O–H groups in total. The standard InChI is InChI=1S/C18H13NO9.K/c20-9-3-1-8(2-4-9)15(17(24)25)19(18(26)27)11-7-28-14-6-13(22)12(21)5-10(14)16(11)23;/h1-7,15,20-22H,(H,24,25)(H,26,27);/q;+1/p-1. The Morgan fingerprint density at radius 1 is 1.03 bits per heavy atom. The molecule has 3 aromatic rings. The number of fused-ring (bicyclic) bond motifs is 1. The molecule has 2 aromatic carbocycles. The molecule has 1 unspecified atom stereocenters. The van der Waals surface area contributed by atoms with Gasteiger partial charge in [-0.1, -0.05) is 12.1 Å². The molecule has 3 rings (SSSR count). The van der Waals surface area contributed by atoms with E-state index in [-0.39, 0.29) is 78.6 Å². The van der Waals surface area contributed by atoms with Gasteiger partial charge < -0.3 is 34.7 Å². The number of phenolic OH excluding ortho intramolecular Hbond substituents is 3. The first-order chi connectivity index (χ1) is 13.2. The van der Waals surface area contributed by atoms with E-state index < -0.39 is 40.7 Å². The molecule has 1 atom stereocenters. The van der Waals surface area contributed by atoms with Gasteiger partial charge in [-0.3, -0.25) is 9.69 Å². The molecule has 10 nitrogen and oxygen atoms in total. The summed E-state index contributed by atoms with van der Waals surface area (Å²) < 4.78 is 5.15. The molecule has 0 fully saturated rings. The Balaban J connectivity index is 0.00000300. The van der Waals surface area contributed by atoms with Crippen molar-refractivity contribution in [2.24, 2.45) is 0 Å². The largest absolute Gasteiger partial charge is 1.00 e. The monoisotopic (exact) mass is 425 g/mol. The Morgan fingerprint density at radius 2 is 1.62 bits per heavy atom. The quantitative estimate of drug-likeness (QED) is 0.270. The number of aliphatic carboxylic acids is 1. The summed E-state index contributed by atoms with van der Waals surface area (Å²) in [7, 11) is 0. The van der Waals surface area contributed by atoms with E-state index in [9.17, 15) is 39.9 Å². The predicted molar refractivity (Wildman–Crippen MR) is 92.2 cm³/mol. The van der Waals surface area contributed by atoms with Crippen LogP contribution in [0, 0.1) is 0 Å². The number of aromatic hydroxyl groups is 3. The topological polar surface area (TPSA) is 172 Å². The summed E-state index contributed by atoms with van der Waals surface area (Å²) >= 11 is 0. The molecular weight excluding hydrogens is 413 g/mol. The van der Waals surface area contributed by atoms with Crippen LogP contribution >= 0.6 is 0 Å². The normalized spacial score (nSPS) is 11.4. The minimum absolute atomic E-state index is 0. The molecule has 0 radical (unpaired) electrons. The van der Waals surface area contributed by atoms with Crippen LogP contribution in [-0.2, 0) is 4.79 Å². The van der Waals surface area contributed by atoms with Crippen LogP contribution in [0.25, 0.3) is 11.0 Å². The summed E-state index contributed by atoms with van der Waals surface area (Å²) in [5, 5.41) is 49.4. The molecule has 0 aliphatic heterocycles. The van der Waals surface area contributed by atoms with Crippen LogP contribution in [-0.4, -0.2) is 32.5 Å². The number of nitrogens with zero attached hydrogens (tertiary/aromatic N) is 1.